The Morgan fingerprint density at radius 1 is 1.53 bits per heavy atom. The summed E-state index contributed by atoms with van der Waals surface area (Å²) in [4.78, 5) is 12.0. The first-order valence-corrected chi connectivity index (χ1v) is 6.27. The van der Waals surface area contributed by atoms with Crippen molar-refractivity contribution in [2.45, 2.75) is 45.3 Å². The fraction of sp³-hybridized carbons (Fsp3) is 0.667. The van der Waals surface area contributed by atoms with E-state index in [4.69, 9.17) is 15.0 Å². The van der Waals surface area contributed by atoms with E-state index in [0.29, 0.717) is 30.8 Å². The number of aryl methyl sites for hydroxylation is 2. The molecule has 0 aliphatic carbocycles. The Labute approximate surface area is 118 Å². The van der Waals surface area contributed by atoms with Gasteiger partial charge in [-0.25, -0.2) is 0 Å². The van der Waals surface area contributed by atoms with E-state index < -0.39 is 6.10 Å². The number of hydrogen-bond acceptors (Lipinski definition) is 5. The average Bonchev–Trinajstić information content (AvgIpc) is 2.97. The molecule has 0 radical (unpaired) electrons. The summed E-state index contributed by atoms with van der Waals surface area (Å²) in [6.07, 6.45) is 1.83. The molecular formula is C12H20ClN3O3. The lowest BCUT2D eigenvalue weighted by Gasteiger charge is -2.12. The van der Waals surface area contributed by atoms with Crippen LogP contribution in [0.3, 0.4) is 0 Å². The van der Waals surface area contributed by atoms with E-state index >= 15 is 0 Å². The third kappa shape index (κ3) is 3.46. The normalized spacial score (nSPS) is 22.1. The first-order chi connectivity index (χ1) is 8.65. The summed E-state index contributed by atoms with van der Waals surface area (Å²) >= 11 is 0. The van der Waals surface area contributed by atoms with Crippen molar-refractivity contribution in [3.05, 3.63) is 11.5 Å². The predicted octanol–water partition coefficient (Wildman–Crippen LogP) is 1.41. The molecule has 0 aromatic carbocycles. The van der Waals surface area contributed by atoms with Crippen molar-refractivity contribution in [2.24, 2.45) is 5.73 Å². The Balaban J connectivity index is 0.00000180. The number of nitrogens with one attached hydrogen (secondary N) is 1. The van der Waals surface area contributed by atoms with Crippen LogP contribution in [0.15, 0.2) is 4.52 Å². The monoisotopic (exact) mass is 289 g/mol. The van der Waals surface area contributed by atoms with Gasteiger partial charge in [-0.2, -0.15) is 0 Å². The van der Waals surface area contributed by atoms with E-state index in [1.165, 1.54) is 0 Å². The summed E-state index contributed by atoms with van der Waals surface area (Å²) in [5, 5.41) is 6.73. The highest BCUT2D eigenvalue weighted by molar-refractivity contribution is 5.95. The van der Waals surface area contributed by atoms with Crippen LogP contribution in [-0.4, -0.2) is 29.8 Å². The van der Waals surface area contributed by atoms with Crippen LogP contribution in [0, 0.1) is 6.92 Å². The van der Waals surface area contributed by atoms with Crippen LogP contribution in [0.5, 0.6) is 0 Å². The SMILES string of the molecule is CCc1noc(C)c1NC(=O)[C@@H]1CC[C@H](CN)O1.Cl. The minimum atomic E-state index is -0.419. The smallest absolute Gasteiger partial charge is 0.253 e. The van der Waals surface area contributed by atoms with Crippen LogP contribution in [-0.2, 0) is 16.0 Å². The van der Waals surface area contributed by atoms with Gasteiger partial charge in [0.25, 0.3) is 5.91 Å². The van der Waals surface area contributed by atoms with Gasteiger partial charge in [0.1, 0.15) is 17.5 Å². The van der Waals surface area contributed by atoms with Gasteiger partial charge in [-0.3, -0.25) is 4.79 Å². The van der Waals surface area contributed by atoms with Gasteiger partial charge in [-0.05, 0) is 26.2 Å². The molecule has 0 saturated carbocycles. The molecule has 0 bridgehead atoms. The Kier molecular flexibility index (Phi) is 5.78. The van der Waals surface area contributed by atoms with Crippen LogP contribution >= 0.6 is 12.4 Å². The quantitative estimate of drug-likeness (QED) is 0.874. The maximum atomic E-state index is 12.0. The molecule has 1 aromatic heterocycles. The van der Waals surface area contributed by atoms with Crippen LogP contribution < -0.4 is 11.1 Å². The molecule has 0 unspecified atom stereocenters. The molecule has 0 spiro atoms. The molecule has 1 amide bonds. The highest BCUT2D eigenvalue weighted by Crippen LogP contribution is 2.24. The van der Waals surface area contributed by atoms with Gasteiger partial charge in [0.15, 0.2) is 5.76 Å². The molecule has 1 aliphatic rings. The Hall–Kier alpha value is -1.11. The standard InChI is InChI=1S/C12H19N3O3.ClH/c1-3-9-11(7(2)18-15-9)14-12(16)10-5-4-8(6-13)17-10;/h8,10H,3-6,13H2,1-2H3,(H,14,16);1H/t8-,10+;/m1./s1. The van der Waals surface area contributed by atoms with E-state index in [1.807, 2.05) is 6.92 Å². The Morgan fingerprint density at radius 3 is 2.84 bits per heavy atom. The van der Waals surface area contributed by atoms with Crippen molar-refractivity contribution in [3.63, 3.8) is 0 Å². The highest BCUT2D eigenvalue weighted by atomic mass is 35.5. The highest BCUT2D eigenvalue weighted by Gasteiger charge is 2.30. The van der Waals surface area contributed by atoms with E-state index in [9.17, 15) is 4.79 Å². The molecule has 1 fully saturated rings. The summed E-state index contributed by atoms with van der Waals surface area (Å²) in [6, 6.07) is 0. The number of nitrogens with zero attached hydrogens (tertiary/aromatic N) is 1. The maximum absolute atomic E-state index is 12.0. The molecule has 1 saturated heterocycles. The first kappa shape index (κ1) is 15.9. The molecule has 1 aromatic rings. The van der Waals surface area contributed by atoms with Crippen molar-refractivity contribution in [1.29, 1.82) is 0 Å². The number of ether oxygens (including phenoxy) is 1. The maximum Gasteiger partial charge on any atom is 0.253 e. The molecular weight excluding hydrogens is 270 g/mol. The largest absolute Gasteiger partial charge is 0.364 e. The predicted molar refractivity (Wildman–Crippen MR) is 73.4 cm³/mol. The minimum absolute atomic E-state index is 0. The van der Waals surface area contributed by atoms with E-state index in [1.54, 1.807) is 6.92 Å². The zero-order valence-corrected chi connectivity index (χ0v) is 12.0. The second-order valence-corrected chi connectivity index (χ2v) is 4.46. The molecule has 3 N–H and O–H groups in total. The van der Waals surface area contributed by atoms with Crippen LogP contribution in [0.2, 0.25) is 0 Å². The average molecular weight is 290 g/mol. The lowest BCUT2D eigenvalue weighted by Crippen LogP contribution is -2.30. The molecule has 19 heavy (non-hydrogen) atoms. The van der Waals surface area contributed by atoms with E-state index in [0.717, 1.165) is 12.1 Å². The molecule has 2 atom stereocenters. The third-order valence-electron chi connectivity index (χ3n) is 3.18. The number of nitrogens with two attached hydrogens (primary N) is 1. The second-order valence-electron chi connectivity index (χ2n) is 4.46. The number of carbonyl (C=O) groups excluding carboxylic acids is 1. The number of halogens is 1. The minimum Gasteiger partial charge on any atom is -0.364 e. The molecule has 1 aliphatic heterocycles. The van der Waals surface area contributed by atoms with Gasteiger partial charge in [0, 0.05) is 6.54 Å². The number of carbonyl (C=O) groups is 1. The van der Waals surface area contributed by atoms with Crippen LogP contribution in [0.1, 0.15) is 31.2 Å². The fourth-order valence-electron chi connectivity index (χ4n) is 2.10. The third-order valence-corrected chi connectivity index (χ3v) is 3.18. The number of aromatic nitrogens is 1. The van der Waals surface area contributed by atoms with E-state index in [-0.39, 0.29) is 24.4 Å². The number of rotatable bonds is 4. The number of amides is 1. The van der Waals surface area contributed by atoms with Gasteiger partial charge >= 0.3 is 0 Å². The molecule has 7 heteroatoms. The van der Waals surface area contributed by atoms with Gasteiger partial charge < -0.3 is 20.3 Å². The van der Waals surface area contributed by atoms with Gasteiger partial charge in [-0.1, -0.05) is 12.1 Å². The van der Waals surface area contributed by atoms with Crippen molar-refractivity contribution in [1.82, 2.24) is 5.16 Å². The van der Waals surface area contributed by atoms with Crippen LogP contribution in [0.4, 0.5) is 5.69 Å². The zero-order chi connectivity index (χ0) is 13.1. The van der Waals surface area contributed by atoms with Crippen molar-refractivity contribution < 1.29 is 14.1 Å². The van der Waals surface area contributed by atoms with Crippen molar-refractivity contribution in [3.8, 4) is 0 Å². The number of hydrogen-bond donors (Lipinski definition) is 2. The van der Waals surface area contributed by atoms with Crippen molar-refractivity contribution in [2.75, 3.05) is 11.9 Å². The van der Waals surface area contributed by atoms with Gasteiger partial charge in [0.2, 0.25) is 0 Å². The van der Waals surface area contributed by atoms with Gasteiger partial charge in [0.05, 0.1) is 6.10 Å². The fourth-order valence-corrected chi connectivity index (χ4v) is 2.10. The molecule has 6 nitrogen and oxygen atoms in total. The van der Waals surface area contributed by atoms with Gasteiger partial charge in [-0.15, -0.1) is 12.4 Å². The summed E-state index contributed by atoms with van der Waals surface area (Å²) in [5.41, 5.74) is 6.95. The Morgan fingerprint density at radius 2 is 2.26 bits per heavy atom. The zero-order valence-electron chi connectivity index (χ0n) is 11.1. The lowest BCUT2D eigenvalue weighted by molar-refractivity contribution is -0.126. The molecule has 108 valence electrons. The van der Waals surface area contributed by atoms with E-state index in [2.05, 4.69) is 10.5 Å². The second kappa shape index (κ2) is 6.88. The summed E-state index contributed by atoms with van der Waals surface area (Å²) in [7, 11) is 0. The molecule has 2 rings (SSSR count). The van der Waals surface area contributed by atoms with Crippen molar-refractivity contribution >= 4 is 24.0 Å². The Bertz CT molecular complexity index is 436. The molecule has 2 heterocycles. The first-order valence-electron chi connectivity index (χ1n) is 6.27. The van der Waals surface area contributed by atoms with Crippen LogP contribution in [0.25, 0.3) is 0 Å². The lowest BCUT2D eigenvalue weighted by atomic mass is 10.2. The summed E-state index contributed by atoms with van der Waals surface area (Å²) in [5.74, 6) is 0.473. The number of anilines is 1. The summed E-state index contributed by atoms with van der Waals surface area (Å²) in [6.45, 7) is 4.19. The topological polar surface area (TPSA) is 90.4 Å². The summed E-state index contributed by atoms with van der Waals surface area (Å²) < 4.78 is 10.6.